The summed E-state index contributed by atoms with van der Waals surface area (Å²) in [5.74, 6) is 0.551. The van der Waals surface area contributed by atoms with Gasteiger partial charge in [-0.2, -0.15) is 0 Å². The van der Waals surface area contributed by atoms with Gasteiger partial charge in [0, 0.05) is 24.3 Å². The topological polar surface area (TPSA) is 58.6 Å². The van der Waals surface area contributed by atoms with Crippen LogP contribution in [0.15, 0.2) is 48.5 Å². The van der Waals surface area contributed by atoms with Crippen molar-refractivity contribution in [2.45, 2.75) is 39.0 Å². The smallest absolute Gasteiger partial charge is 0.262 e. The Bertz CT molecular complexity index is 822. The minimum atomic E-state index is -0.236. The molecule has 2 amide bonds. The van der Waals surface area contributed by atoms with Crippen LogP contribution in [0.3, 0.4) is 0 Å². The van der Waals surface area contributed by atoms with Gasteiger partial charge in [-0.05, 0) is 47.7 Å². The molecule has 2 aromatic rings. The molecule has 3 rings (SSSR count). The molecule has 0 radical (unpaired) electrons. The van der Waals surface area contributed by atoms with Crippen molar-refractivity contribution in [3.05, 3.63) is 54.1 Å². The second-order valence-electron chi connectivity index (χ2n) is 7.81. The summed E-state index contributed by atoms with van der Waals surface area (Å²) in [6.07, 6.45) is 1.45. The average Bonchev–Trinajstić information content (AvgIpc) is 3.06. The maximum absolute atomic E-state index is 12.2. The summed E-state index contributed by atoms with van der Waals surface area (Å²) in [6.45, 7) is 7.12. The molecule has 1 fully saturated rings. The number of nitrogens with zero attached hydrogens (tertiary/aromatic N) is 1. The van der Waals surface area contributed by atoms with Crippen LogP contribution in [0.1, 0.15) is 39.2 Å². The molecule has 1 heterocycles. The Morgan fingerprint density at radius 3 is 2.52 bits per heavy atom. The van der Waals surface area contributed by atoms with Gasteiger partial charge >= 0.3 is 0 Å². The SMILES string of the molecule is CC(C)(C)c1ccc(OCC(=O)Nc2cccc(N3CCCC3=O)c2)cc1. The summed E-state index contributed by atoms with van der Waals surface area (Å²) >= 11 is 0. The van der Waals surface area contributed by atoms with Crippen LogP contribution in [-0.4, -0.2) is 25.0 Å². The molecule has 2 aromatic carbocycles. The minimum Gasteiger partial charge on any atom is -0.484 e. The van der Waals surface area contributed by atoms with Gasteiger partial charge in [0.1, 0.15) is 5.75 Å². The van der Waals surface area contributed by atoms with Gasteiger partial charge in [0.25, 0.3) is 5.91 Å². The highest BCUT2D eigenvalue weighted by molar-refractivity contribution is 5.97. The third kappa shape index (κ3) is 4.88. The molecule has 0 bridgehead atoms. The molecule has 0 atom stereocenters. The molecule has 0 aliphatic carbocycles. The van der Waals surface area contributed by atoms with Crippen molar-refractivity contribution in [3.63, 3.8) is 0 Å². The Kier molecular flexibility index (Phi) is 5.49. The predicted octanol–water partition coefficient (Wildman–Crippen LogP) is 4.13. The molecular weight excluding hydrogens is 340 g/mol. The Hall–Kier alpha value is -2.82. The van der Waals surface area contributed by atoms with Gasteiger partial charge < -0.3 is 15.0 Å². The maximum Gasteiger partial charge on any atom is 0.262 e. The van der Waals surface area contributed by atoms with E-state index in [4.69, 9.17) is 4.74 Å². The van der Waals surface area contributed by atoms with E-state index in [1.807, 2.05) is 42.5 Å². The predicted molar refractivity (Wildman–Crippen MR) is 107 cm³/mol. The highest BCUT2D eigenvalue weighted by Gasteiger charge is 2.21. The van der Waals surface area contributed by atoms with Crippen molar-refractivity contribution < 1.29 is 14.3 Å². The number of rotatable bonds is 5. The van der Waals surface area contributed by atoms with Crippen LogP contribution in [0, 0.1) is 0 Å². The number of hydrogen-bond acceptors (Lipinski definition) is 3. The number of benzene rings is 2. The van der Waals surface area contributed by atoms with Crippen molar-refractivity contribution in [2.24, 2.45) is 0 Å². The van der Waals surface area contributed by atoms with E-state index in [1.54, 1.807) is 11.0 Å². The number of amides is 2. The zero-order valence-electron chi connectivity index (χ0n) is 16.1. The first-order valence-electron chi connectivity index (χ1n) is 9.26. The van der Waals surface area contributed by atoms with E-state index in [-0.39, 0.29) is 23.8 Å². The molecule has 1 N–H and O–H groups in total. The quantitative estimate of drug-likeness (QED) is 0.866. The Balaban J connectivity index is 1.56. The van der Waals surface area contributed by atoms with Crippen molar-refractivity contribution in [2.75, 3.05) is 23.4 Å². The standard InChI is InChI=1S/C22H26N2O3/c1-22(2,3)16-9-11-19(12-10-16)27-15-20(25)23-17-6-4-7-18(14-17)24-13-5-8-21(24)26/h4,6-7,9-12,14H,5,8,13,15H2,1-3H3,(H,23,25). The largest absolute Gasteiger partial charge is 0.484 e. The normalized spacial score (nSPS) is 14.3. The van der Waals surface area contributed by atoms with E-state index in [0.29, 0.717) is 17.9 Å². The monoisotopic (exact) mass is 366 g/mol. The fourth-order valence-corrected chi connectivity index (χ4v) is 3.07. The van der Waals surface area contributed by atoms with E-state index in [2.05, 4.69) is 26.1 Å². The number of carbonyl (C=O) groups excluding carboxylic acids is 2. The minimum absolute atomic E-state index is 0.0677. The Labute approximate surface area is 160 Å². The maximum atomic E-state index is 12.2. The average molecular weight is 366 g/mol. The first kappa shape index (κ1) is 19.0. The molecule has 1 aliphatic heterocycles. The van der Waals surface area contributed by atoms with Crippen molar-refractivity contribution in [1.82, 2.24) is 0 Å². The van der Waals surface area contributed by atoms with Crippen molar-refractivity contribution >= 4 is 23.2 Å². The highest BCUT2D eigenvalue weighted by Crippen LogP contribution is 2.25. The van der Waals surface area contributed by atoms with Crippen LogP contribution in [0.4, 0.5) is 11.4 Å². The van der Waals surface area contributed by atoms with E-state index in [0.717, 1.165) is 18.7 Å². The van der Waals surface area contributed by atoms with Crippen LogP contribution < -0.4 is 15.0 Å². The fourth-order valence-electron chi connectivity index (χ4n) is 3.07. The number of nitrogens with one attached hydrogen (secondary N) is 1. The molecule has 142 valence electrons. The number of anilines is 2. The van der Waals surface area contributed by atoms with Gasteiger partial charge in [-0.25, -0.2) is 0 Å². The van der Waals surface area contributed by atoms with Gasteiger partial charge in [0.2, 0.25) is 5.91 Å². The summed E-state index contributed by atoms with van der Waals surface area (Å²) in [5.41, 5.74) is 2.77. The number of ether oxygens (including phenoxy) is 1. The molecule has 5 nitrogen and oxygen atoms in total. The van der Waals surface area contributed by atoms with Crippen LogP contribution in [0.2, 0.25) is 0 Å². The van der Waals surface area contributed by atoms with Gasteiger partial charge in [-0.3, -0.25) is 9.59 Å². The Morgan fingerprint density at radius 2 is 1.89 bits per heavy atom. The molecule has 1 saturated heterocycles. The van der Waals surface area contributed by atoms with Crippen LogP contribution in [0.25, 0.3) is 0 Å². The molecule has 1 aliphatic rings. The molecule has 0 spiro atoms. The first-order chi connectivity index (χ1) is 12.8. The van der Waals surface area contributed by atoms with E-state index >= 15 is 0 Å². The molecule has 0 saturated carbocycles. The lowest BCUT2D eigenvalue weighted by atomic mass is 9.87. The van der Waals surface area contributed by atoms with Crippen LogP contribution in [0.5, 0.6) is 5.75 Å². The third-order valence-electron chi connectivity index (χ3n) is 4.61. The summed E-state index contributed by atoms with van der Waals surface area (Å²) in [5, 5.41) is 2.82. The lowest BCUT2D eigenvalue weighted by Gasteiger charge is -2.19. The molecule has 27 heavy (non-hydrogen) atoms. The van der Waals surface area contributed by atoms with Crippen molar-refractivity contribution in [1.29, 1.82) is 0 Å². The fraction of sp³-hybridized carbons (Fsp3) is 0.364. The van der Waals surface area contributed by atoms with Crippen LogP contribution in [-0.2, 0) is 15.0 Å². The number of hydrogen-bond donors (Lipinski definition) is 1. The Morgan fingerprint density at radius 1 is 1.15 bits per heavy atom. The zero-order valence-corrected chi connectivity index (χ0v) is 16.1. The zero-order chi connectivity index (χ0) is 19.4. The summed E-state index contributed by atoms with van der Waals surface area (Å²) in [6, 6.07) is 15.1. The van der Waals surface area contributed by atoms with Crippen LogP contribution >= 0.6 is 0 Å². The second kappa shape index (κ2) is 7.82. The van der Waals surface area contributed by atoms with Gasteiger partial charge in [-0.15, -0.1) is 0 Å². The molecule has 5 heteroatoms. The highest BCUT2D eigenvalue weighted by atomic mass is 16.5. The summed E-state index contributed by atoms with van der Waals surface area (Å²) < 4.78 is 5.58. The van der Waals surface area contributed by atoms with Gasteiger partial charge in [-0.1, -0.05) is 39.0 Å². The molecule has 0 aromatic heterocycles. The van der Waals surface area contributed by atoms with Crippen molar-refractivity contribution in [3.8, 4) is 5.75 Å². The van der Waals surface area contributed by atoms with E-state index in [9.17, 15) is 9.59 Å². The summed E-state index contributed by atoms with van der Waals surface area (Å²) in [4.78, 5) is 25.8. The third-order valence-corrected chi connectivity index (χ3v) is 4.61. The van der Waals surface area contributed by atoms with Gasteiger partial charge in [0.05, 0.1) is 0 Å². The molecular formula is C22H26N2O3. The van der Waals surface area contributed by atoms with E-state index in [1.165, 1.54) is 5.56 Å². The lowest BCUT2D eigenvalue weighted by molar-refractivity contribution is -0.118. The van der Waals surface area contributed by atoms with Gasteiger partial charge in [0.15, 0.2) is 6.61 Å². The lowest BCUT2D eigenvalue weighted by Crippen LogP contribution is -2.24. The molecule has 0 unspecified atom stereocenters. The first-order valence-corrected chi connectivity index (χ1v) is 9.26. The second-order valence-corrected chi connectivity index (χ2v) is 7.81. The summed E-state index contributed by atoms with van der Waals surface area (Å²) in [7, 11) is 0. The van der Waals surface area contributed by atoms with E-state index < -0.39 is 0 Å². The number of carbonyl (C=O) groups is 2.